The molecule has 1 aliphatic rings. The van der Waals surface area contributed by atoms with Gasteiger partial charge in [0.05, 0.1) is 35.0 Å². The minimum Gasteiger partial charge on any atom is -0.494 e. The first kappa shape index (κ1) is 25.9. The lowest BCUT2D eigenvalue weighted by molar-refractivity contribution is -0.384. The highest BCUT2D eigenvalue weighted by Gasteiger charge is 2.43. The molecule has 198 valence electrons. The summed E-state index contributed by atoms with van der Waals surface area (Å²) in [4.78, 5) is 29.6. The standard InChI is InChI=1S/C28H25N5O5S/c1-3-25(34)30-19-12-11-17(16-24(19)37-2)32-27(26(31-28(32)39)20-9-6-7-15-29-20)23-14-13-22(38-23)18-8-4-5-10-21(18)33(35)36/h4-16,26-27H,3H2,1-2H3,(H,30,34)(H,31,39). The third kappa shape index (κ3) is 5.04. The Kier molecular flexibility index (Phi) is 7.24. The fraction of sp³-hybridized carbons (Fsp3) is 0.179. The number of amides is 1. The number of nitro groups is 1. The monoisotopic (exact) mass is 543 g/mol. The Morgan fingerprint density at radius 1 is 1.18 bits per heavy atom. The molecule has 0 spiro atoms. The summed E-state index contributed by atoms with van der Waals surface area (Å²) in [5, 5.41) is 18.3. The Bertz CT molecular complexity index is 1540. The molecule has 2 aromatic heterocycles. The van der Waals surface area contributed by atoms with Gasteiger partial charge in [-0.25, -0.2) is 0 Å². The number of aromatic nitrogens is 1. The van der Waals surface area contributed by atoms with Crippen LogP contribution in [-0.2, 0) is 4.79 Å². The number of carbonyl (C=O) groups is 1. The predicted octanol–water partition coefficient (Wildman–Crippen LogP) is 5.78. The molecule has 0 bridgehead atoms. The zero-order valence-electron chi connectivity index (χ0n) is 21.2. The number of benzene rings is 2. The maximum Gasteiger partial charge on any atom is 0.280 e. The topological polar surface area (TPSA) is 123 Å². The van der Waals surface area contributed by atoms with Crippen molar-refractivity contribution in [2.24, 2.45) is 0 Å². The van der Waals surface area contributed by atoms with Crippen LogP contribution in [0.3, 0.4) is 0 Å². The molecule has 10 nitrogen and oxygen atoms in total. The molecule has 0 saturated carbocycles. The largest absolute Gasteiger partial charge is 0.494 e. The molecular weight excluding hydrogens is 518 g/mol. The average molecular weight is 544 g/mol. The minimum absolute atomic E-state index is 0.0500. The number of para-hydroxylation sites is 1. The molecule has 2 atom stereocenters. The van der Waals surface area contributed by atoms with Crippen molar-refractivity contribution in [3.8, 4) is 17.1 Å². The van der Waals surface area contributed by atoms with E-state index in [1.165, 1.54) is 13.2 Å². The summed E-state index contributed by atoms with van der Waals surface area (Å²) in [5.74, 6) is 1.24. The van der Waals surface area contributed by atoms with Crippen molar-refractivity contribution in [3.05, 3.63) is 101 Å². The van der Waals surface area contributed by atoms with Crippen molar-refractivity contribution in [2.45, 2.75) is 25.4 Å². The van der Waals surface area contributed by atoms with Gasteiger partial charge >= 0.3 is 0 Å². The summed E-state index contributed by atoms with van der Waals surface area (Å²) in [6.07, 6.45) is 2.04. The molecular formula is C28H25N5O5S. The summed E-state index contributed by atoms with van der Waals surface area (Å²) >= 11 is 5.78. The number of pyridine rings is 1. The summed E-state index contributed by atoms with van der Waals surface area (Å²) in [7, 11) is 1.53. The molecule has 2 unspecified atom stereocenters. The predicted molar refractivity (Wildman–Crippen MR) is 151 cm³/mol. The Hall–Kier alpha value is -4.77. The van der Waals surface area contributed by atoms with Gasteiger partial charge in [0, 0.05) is 30.4 Å². The molecule has 0 radical (unpaired) electrons. The van der Waals surface area contributed by atoms with Crippen LogP contribution in [0.4, 0.5) is 17.1 Å². The average Bonchev–Trinajstić information content (AvgIpc) is 3.58. The Morgan fingerprint density at radius 3 is 2.69 bits per heavy atom. The van der Waals surface area contributed by atoms with E-state index in [0.29, 0.717) is 45.7 Å². The molecule has 39 heavy (non-hydrogen) atoms. The number of rotatable bonds is 8. The van der Waals surface area contributed by atoms with Gasteiger partial charge in [-0.05, 0) is 54.7 Å². The van der Waals surface area contributed by atoms with Gasteiger partial charge in [-0.15, -0.1) is 0 Å². The summed E-state index contributed by atoms with van der Waals surface area (Å²) in [5.41, 5.74) is 2.31. The fourth-order valence-corrected chi connectivity index (χ4v) is 4.94. The molecule has 1 aliphatic heterocycles. The quantitative estimate of drug-likeness (QED) is 0.162. The van der Waals surface area contributed by atoms with Gasteiger partial charge in [-0.1, -0.05) is 25.1 Å². The Morgan fingerprint density at radius 2 is 1.97 bits per heavy atom. The van der Waals surface area contributed by atoms with Gasteiger partial charge in [0.25, 0.3) is 5.69 Å². The van der Waals surface area contributed by atoms with Crippen molar-refractivity contribution in [1.29, 1.82) is 0 Å². The van der Waals surface area contributed by atoms with E-state index in [1.54, 1.807) is 55.6 Å². The lowest BCUT2D eigenvalue weighted by atomic mass is 10.0. The SMILES string of the molecule is CCC(=O)Nc1ccc(N2C(=S)NC(c3ccccn3)C2c2ccc(-c3ccccc3[N+](=O)[O-])o2)cc1OC. The first-order chi connectivity index (χ1) is 18.9. The molecule has 2 N–H and O–H groups in total. The fourth-order valence-electron chi connectivity index (χ4n) is 4.59. The Labute approximate surface area is 229 Å². The maximum absolute atomic E-state index is 12.0. The zero-order chi connectivity index (χ0) is 27.5. The van der Waals surface area contributed by atoms with E-state index in [1.807, 2.05) is 29.2 Å². The van der Waals surface area contributed by atoms with Crippen LogP contribution in [0, 0.1) is 10.1 Å². The number of hydrogen-bond acceptors (Lipinski definition) is 7. The van der Waals surface area contributed by atoms with Crippen LogP contribution < -0.4 is 20.3 Å². The zero-order valence-corrected chi connectivity index (χ0v) is 22.0. The minimum atomic E-state index is -0.482. The van der Waals surface area contributed by atoms with Crippen LogP contribution in [0.1, 0.15) is 36.9 Å². The van der Waals surface area contributed by atoms with Crippen LogP contribution in [0.5, 0.6) is 5.75 Å². The third-order valence-corrected chi connectivity index (χ3v) is 6.76. The number of hydrogen-bond donors (Lipinski definition) is 2. The van der Waals surface area contributed by atoms with E-state index >= 15 is 0 Å². The molecule has 0 aliphatic carbocycles. The van der Waals surface area contributed by atoms with E-state index in [0.717, 1.165) is 5.69 Å². The van der Waals surface area contributed by atoms with Gasteiger partial charge < -0.3 is 24.7 Å². The molecule has 3 heterocycles. The smallest absolute Gasteiger partial charge is 0.280 e. The summed E-state index contributed by atoms with van der Waals surface area (Å²) < 4.78 is 11.9. The van der Waals surface area contributed by atoms with Crippen molar-refractivity contribution in [1.82, 2.24) is 10.3 Å². The Balaban J connectivity index is 1.60. The highest BCUT2D eigenvalue weighted by atomic mass is 32.1. The number of carbonyl (C=O) groups excluding carboxylic acids is 1. The highest BCUT2D eigenvalue weighted by molar-refractivity contribution is 7.80. The second kappa shape index (κ2) is 10.9. The number of furan rings is 1. The van der Waals surface area contributed by atoms with Crippen LogP contribution in [0.25, 0.3) is 11.3 Å². The van der Waals surface area contributed by atoms with Crippen molar-refractivity contribution in [2.75, 3.05) is 17.3 Å². The van der Waals surface area contributed by atoms with Crippen molar-refractivity contribution in [3.63, 3.8) is 0 Å². The van der Waals surface area contributed by atoms with Crippen LogP contribution in [0.15, 0.2) is 83.4 Å². The molecule has 1 fully saturated rings. The van der Waals surface area contributed by atoms with Crippen molar-refractivity contribution >= 4 is 40.3 Å². The van der Waals surface area contributed by atoms with E-state index in [-0.39, 0.29) is 17.6 Å². The van der Waals surface area contributed by atoms with Crippen molar-refractivity contribution < 1.29 is 18.9 Å². The second-order valence-electron chi connectivity index (χ2n) is 8.76. The molecule has 4 aromatic rings. The molecule has 11 heteroatoms. The van der Waals surface area contributed by atoms with Gasteiger partial charge in [-0.2, -0.15) is 0 Å². The van der Waals surface area contributed by atoms with Gasteiger partial charge in [0.15, 0.2) is 5.11 Å². The lowest BCUT2D eigenvalue weighted by Gasteiger charge is -2.27. The number of nitrogens with zero attached hydrogens (tertiary/aromatic N) is 3. The number of anilines is 2. The number of nitrogens with one attached hydrogen (secondary N) is 2. The van der Waals surface area contributed by atoms with E-state index in [2.05, 4.69) is 15.6 Å². The van der Waals surface area contributed by atoms with E-state index in [9.17, 15) is 14.9 Å². The molecule has 5 rings (SSSR count). The van der Waals surface area contributed by atoms with Crippen LogP contribution >= 0.6 is 12.2 Å². The summed E-state index contributed by atoms with van der Waals surface area (Å²) in [6, 6.07) is 20.1. The van der Waals surface area contributed by atoms with Gasteiger partial charge in [0.2, 0.25) is 5.91 Å². The van der Waals surface area contributed by atoms with Gasteiger partial charge in [0.1, 0.15) is 23.3 Å². The number of ether oxygens (including phenoxy) is 1. The van der Waals surface area contributed by atoms with Crippen LogP contribution in [0.2, 0.25) is 0 Å². The second-order valence-corrected chi connectivity index (χ2v) is 9.15. The maximum atomic E-state index is 12.0. The molecule has 1 saturated heterocycles. The highest BCUT2D eigenvalue weighted by Crippen LogP contribution is 2.45. The molecule has 2 aromatic carbocycles. The number of thiocarbonyl (C=S) groups is 1. The van der Waals surface area contributed by atoms with Crippen LogP contribution in [-0.4, -0.2) is 28.0 Å². The first-order valence-electron chi connectivity index (χ1n) is 12.2. The number of methoxy groups -OCH3 is 1. The normalized spacial score (nSPS) is 16.6. The molecule has 1 amide bonds. The number of nitro benzene ring substituents is 1. The third-order valence-electron chi connectivity index (χ3n) is 6.44. The first-order valence-corrected chi connectivity index (χ1v) is 12.6. The van der Waals surface area contributed by atoms with Gasteiger partial charge in [-0.3, -0.25) is 19.9 Å². The lowest BCUT2D eigenvalue weighted by Crippen LogP contribution is -2.29. The van der Waals surface area contributed by atoms with E-state index < -0.39 is 11.0 Å². The van der Waals surface area contributed by atoms with E-state index in [4.69, 9.17) is 21.4 Å². The summed E-state index contributed by atoms with van der Waals surface area (Å²) in [6.45, 7) is 1.77.